The second kappa shape index (κ2) is 7.12. The third-order valence-electron chi connectivity index (χ3n) is 1.27. The number of halogens is 1. The standard InChI is InChI=1S/C10H16FNO2/c1-4-9(6-5-7-11)14-10(13)12-8(2)3/h4-6,8H,7H2,1-3H3,(H,12,13)/b6-5-,9-4+. The lowest BCUT2D eigenvalue weighted by Gasteiger charge is -2.08. The Hall–Kier alpha value is -1.32. The number of hydrogen-bond donors (Lipinski definition) is 1. The summed E-state index contributed by atoms with van der Waals surface area (Å²) in [7, 11) is 0. The summed E-state index contributed by atoms with van der Waals surface area (Å²) in [5.41, 5.74) is 0. The van der Waals surface area contributed by atoms with E-state index < -0.39 is 12.8 Å². The summed E-state index contributed by atoms with van der Waals surface area (Å²) in [5, 5.41) is 2.55. The van der Waals surface area contributed by atoms with Crippen molar-refractivity contribution in [1.29, 1.82) is 0 Å². The van der Waals surface area contributed by atoms with E-state index in [1.165, 1.54) is 12.2 Å². The van der Waals surface area contributed by atoms with Gasteiger partial charge in [0.25, 0.3) is 0 Å². The lowest BCUT2D eigenvalue weighted by atomic mass is 10.4. The van der Waals surface area contributed by atoms with E-state index in [2.05, 4.69) is 5.32 Å². The number of allylic oxidation sites excluding steroid dienone is 3. The number of hydrogen-bond acceptors (Lipinski definition) is 2. The average molecular weight is 201 g/mol. The van der Waals surface area contributed by atoms with Crippen LogP contribution in [-0.2, 0) is 4.74 Å². The van der Waals surface area contributed by atoms with E-state index in [0.717, 1.165) is 0 Å². The van der Waals surface area contributed by atoms with Gasteiger partial charge < -0.3 is 10.1 Å². The van der Waals surface area contributed by atoms with Crippen LogP contribution in [0.4, 0.5) is 9.18 Å². The summed E-state index contributed by atoms with van der Waals surface area (Å²) >= 11 is 0. The van der Waals surface area contributed by atoms with Crippen molar-refractivity contribution in [3.8, 4) is 0 Å². The van der Waals surface area contributed by atoms with Gasteiger partial charge in [0.2, 0.25) is 0 Å². The summed E-state index contributed by atoms with van der Waals surface area (Å²) in [4.78, 5) is 11.1. The molecule has 1 N–H and O–H groups in total. The minimum Gasteiger partial charge on any atom is -0.411 e. The van der Waals surface area contributed by atoms with Crippen LogP contribution in [0.25, 0.3) is 0 Å². The summed E-state index contributed by atoms with van der Waals surface area (Å²) in [6.45, 7) is 4.79. The third-order valence-corrected chi connectivity index (χ3v) is 1.27. The normalized spacial score (nSPS) is 12.2. The largest absolute Gasteiger partial charge is 0.412 e. The quantitative estimate of drug-likeness (QED) is 0.560. The first-order valence-electron chi connectivity index (χ1n) is 4.47. The molecular weight excluding hydrogens is 185 g/mol. The number of carbonyl (C=O) groups is 1. The number of carbonyl (C=O) groups excluding carboxylic acids is 1. The first kappa shape index (κ1) is 12.7. The molecule has 0 aliphatic rings. The fraction of sp³-hybridized carbons (Fsp3) is 0.500. The number of rotatable bonds is 4. The number of alkyl carbamates (subject to hydrolysis) is 1. The number of amides is 1. The second-order valence-corrected chi connectivity index (χ2v) is 2.94. The van der Waals surface area contributed by atoms with E-state index in [1.807, 2.05) is 13.8 Å². The lowest BCUT2D eigenvalue weighted by molar-refractivity contribution is 0.176. The Kier molecular flexibility index (Phi) is 6.45. The average Bonchev–Trinajstić information content (AvgIpc) is 2.10. The summed E-state index contributed by atoms with van der Waals surface area (Å²) < 4.78 is 16.6. The van der Waals surface area contributed by atoms with Crippen molar-refractivity contribution >= 4 is 6.09 Å². The molecule has 0 unspecified atom stereocenters. The molecular formula is C10H16FNO2. The van der Waals surface area contributed by atoms with Gasteiger partial charge in [-0.25, -0.2) is 9.18 Å². The molecule has 0 rings (SSSR count). The molecule has 0 atom stereocenters. The van der Waals surface area contributed by atoms with Crippen LogP contribution < -0.4 is 5.32 Å². The third kappa shape index (κ3) is 6.22. The maximum absolute atomic E-state index is 11.8. The van der Waals surface area contributed by atoms with Crippen molar-refractivity contribution in [3.05, 3.63) is 24.0 Å². The first-order chi connectivity index (χ1) is 6.60. The minimum atomic E-state index is -0.577. The van der Waals surface area contributed by atoms with Crippen LogP contribution in [0.2, 0.25) is 0 Å². The van der Waals surface area contributed by atoms with Crippen LogP contribution >= 0.6 is 0 Å². The van der Waals surface area contributed by atoms with Gasteiger partial charge in [-0.3, -0.25) is 0 Å². The Balaban J connectivity index is 4.07. The molecule has 0 bridgehead atoms. The van der Waals surface area contributed by atoms with Crippen molar-refractivity contribution in [2.45, 2.75) is 26.8 Å². The maximum atomic E-state index is 11.8. The van der Waals surface area contributed by atoms with Gasteiger partial charge in [0.1, 0.15) is 12.4 Å². The number of alkyl halides is 1. The molecule has 80 valence electrons. The zero-order valence-corrected chi connectivity index (χ0v) is 8.71. The Bertz CT molecular complexity index is 234. The molecule has 0 aromatic rings. The Morgan fingerprint density at radius 1 is 1.57 bits per heavy atom. The zero-order valence-electron chi connectivity index (χ0n) is 8.71. The van der Waals surface area contributed by atoms with E-state index in [9.17, 15) is 9.18 Å². The Morgan fingerprint density at radius 2 is 2.21 bits per heavy atom. The number of nitrogens with one attached hydrogen (secondary N) is 1. The Morgan fingerprint density at radius 3 is 2.64 bits per heavy atom. The molecule has 0 fully saturated rings. The van der Waals surface area contributed by atoms with Gasteiger partial charge in [0, 0.05) is 6.04 Å². The molecule has 0 aliphatic heterocycles. The highest BCUT2D eigenvalue weighted by atomic mass is 19.1. The van der Waals surface area contributed by atoms with Crippen LogP contribution in [0, 0.1) is 0 Å². The molecule has 0 aromatic heterocycles. The van der Waals surface area contributed by atoms with Gasteiger partial charge in [-0.05, 0) is 32.9 Å². The predicted octanol–water partition coefficient (Wildman–Crippen LogP) is 2.55. The van der Waals surface area contributed by atoms with Crippen molar-refractivity contribution < 1.29 is 13.9 Å². The molecule has 0 heterocycles. The topological polar surface area (TPSA) is 38.3 Å². The molecule has 0 radical (unpaired) electrons. The Labute approximate surface area is 83.6 Å². The molecule has 0 aliphatic carbocycles. The lowest BCUT2D eigenvalue weighted by Crippen LogP contribution is -2.30. The second-order valence-electron chi connectivity index (χ2n) is 2.94. The van der Waals surface area contributed by atoms with Crippen molar-refractivity contribution in [3.63, 3.8) is 0 Å². The van der Waals surface area contributed by atoms with Gasteiger partial charge in [-0.1, -0.05) is 6.08 Å². The van der Waals surface area contributed by atoms with Gasteiger partial charge in [0.15, 0.2) is 0 Å². The molecule has 0 spiro atoms. The summed E-state index contributed by atoms with van der Waals surface area (Å²) in [5.74, 6) is 0.334. The van der Waals surface area contributed by atoms with E-state index >= 15 is 0 Å². The highest BCUT2D eigenvalue weighted by Crippen LogP contribution is 2.00. The van der Waals surface area contributed by atoms with E-state index in [0.29, 0.717) is 5.76 Å². The molecule has 14 heavy (non-hydrogen) atoms. The highest BCUT2D eigenvalue weighted by Gasteiger charge is 2.04. The monoisotopic (exact) mass is 201 g/mol. The number of ether oxygens (including phenoxy) is 1. The fourth-order valence-electron chi connectivity index (χ4n) is 0.722. The van der Waals surface area contributed by atoms with Crippen LogP contribution in [0.15, 0.2) is 24.0 Å². The molecule has 0 saturated carbocycles. The van der Waals surface area contributed by atoms with Gasteiger partial charge in [-0.2, -0.15) is 0 Å². The highest BCUT2D eigenvalue weighted by molar-refractivity contribution is 5.69. The van der Waals surface area contributed by atoms with Gasteiger partial charge in [0.05, 0.1) is 0 Å². The van der Waals surface area contributed by atoms with Crippen LogP contribution in [0.1, 0.15) is 20.8 Å². The zero-order chi connectivity index (χ0) is 11.0. The molecule has 4 heteroatoms. The van der Waals surface area contributed by atoms with E-state index in [4.69, 9.17) is 4.74 Å². The smallest absolute Gasteiger partial charge is 0.411 e. The van der Waals surface area contributed by atoms with Crippen molar-refractivity contribution in [2.24, 2.45) is 0 Å². The molecule has 3 nitrogen and oxygen atoms in total. The minimum absolute atomic E-state index is 0.0192. The first-order valence-corrected chi connectivity index (χ1v) is 4.47. The van der Waals surface area contributed by atoms with E-state index in [-0.39, 0.29) is 6.04 Å². The fourth-order valence-corrected chi connectivity index (χ4v) is 0.722. The van der Waals surface area contributed by atoms with E-state index in [1.54, 1.807) is 13.0 Å². The maximum Gasteiger partial charge on any atom is 0.412 e. The van der Waals surface area contributed by atoms with Crippen LogP contribution in [0.3, 0.4) is 0 Å². The predicted molar refractivity (Wildman–Crippen MR) is 53.6 cm³/mol. The van der Waals surface area contributed by atoms with Crippen molar-refractivity contribution in [2.75, 3.05) is 6.67 Å². The summed E-state index contributed by atoms with van der Waals surface area (Å²) in [6, 6.07) is 0.0192. The van der Waals surface area contributed by atoms with Gasteiger partial charge in [-0.15, -0.1) is 0 Å². The molecule has 0 aromatic carbocycles. The summed E-state index contributed by atoms with van der Waals surface area (Å²) in [6.07, 6.45) is 3.75. The van der Waals surface area contributed by atoms with Gasteiger partial charge >= 0.3 is 6.09 Å². The SMILES string of the molecule is C/C=C(\C=C/CF)OC(=O)NC(C)C. The van der Waals surface area contributed by atoms with Crippen molar-refractivity contribution in [1.82, 2.24) is 5.32 Å². The molecule has 0 saturated heterocycles. The molecule has 1 amide bonds. The van der Waals surface area contributed by atoms with Crippen LogP contribution in [-0.4, -0.2) is 18.8 Å². The van der Waals surface area contributed by atoms with Crippen LogP contribution in [0.5, 0.6) is 0 Å².